The minimum atomic E-state index is -0.623. The summed E-state index contributed by atoms with van der Waals surface area (Å²) in [5, 5.41) is 21.8. The maximum Gasteiger partial charge on any atom is 0.0744 e. The molecule has 0 spiro atoms. The minimum absolute atomic E-state index is 0.115. The van der Waals surface area contributed by atoms with Gasteiger partial charge in [0.2, 0.25) is 0 Å². The topological polar surface area (TPSA) is 40.5 Å². The molecular formula is C25H42O2. The molecule has 7 atom stereocenters. The van der Waals surface area contributed by atoms with Gasteiger partial charge in [0.25, 0.3) is 0 Å². The highest BCUT2D eigenvalue weighted by Gasteiger charge is 2.56. The Bertz CT molecular complexity index is 587. The molecule has 0 amide bonds. The molecule has 0 aliphatic heterocycles. The van der Waals surface area contributed by atoms with Crippen LogP contribution in [-0.2, 0) is 0 Å². The molecule has 27 heavy (non-hydrogen) atoms. The van der Waals surface area contributed by atoms with Crippen LogP contribution in [0.15, 0.2) is 23.3 Å². The molecule has 0 aromatic carbocycles. The molecule has 0 saturated heterocycles. The second-order valence-corrected chi connectivity index (χ2v) is 10.7. The normalized spacial score (nSPS) is 44.5. The Morgan fingerprint density at radius 1 is 1.30 bits per heavy atom. The fraction of sp³-hybridized carbons (Fsp3) is 0.840. The monoisotopic (exact) mass is 374 g/mol. The Labute approximate surface area is 167 Å². The molecule has 0 bridgehead atoms. The van der Waals surface area contributed by atoms with Gasteiger partial charge >= 0.3 is 0 Å². The van der Waals surface area contributed by atoms with Crippen molar-refractivity contribution in [2.24, 2.45) is 35.0 Å². The zero-order chi connectivity index (χ0) is 19.8. The van der Waals surface area contributed by atoms with Gasteiger partial charge in [0.1, 0.15) is 0 Å². The zero-order valence-corrected chi connectivity index (χ0v) is 18.3. The maximum atomic E-state index is 11.8. The van der Waals surface area contributed by atoms with Crippen molar-refractivity contribution in [2.75, 3.05) is 6.61 Å². The van der Waals surface area contributed by atoms with Crippen LogP contribution >= 0.6 is 0 Å². The Morgan fingerprint density at radius 3 is 2.70 bits per heavy atom. The van der Waals surface area contributed by atoms with Crippen molar-refractivity contribution in [1.82, 2.24) is 0 Å². The number of aliphatic hydroxyl groups excluding tert-OH is 1. The van der Waals surface area contributed by atoms with Crippen LogP contribution in [-0.4, -0.2) is 22.4 Å². The van der Waals surface area contributed by atoms with Crippen molar-refractivity contribution in [3.05, 3.63) is 23.3 Å². The molecule has 2 saturated carbocycles. The van der Waals surface area contributed by atoms with Crippen LogP contribution in [0.3, 0.4) is 0 Å². The van der Waals surface area contributed by atoms with E-state index in [1.54, 1.807) is 0 Å². The third-order valence-electron chi connectivity index (χ3n) is 8.66. The van der Waals surface area contributed by atoms with E-state index in [1.807, 2.05) is 0 Å². The van der Waals surface area contributed by atoms with E-state index in [1.165, 1.54) is 31.3 Å². The molecule has 3 aliphatic rings. The highest BCUT2D eigenvalue weighted by Crippen LogP contribution is 2.60. The molecule has 2 nitrogen and oxygen atoms in total. The van der Waals surface area contributed by atoms with Gasteiger partial charge in [-0.15, -0.1) is 0 Å². The van der Waals surface area contributed by atoms with Gasteiger partial charge in [-0.2, -0.15) is 0 Å². The highest BCUT2D eigenvalue weighted by molar-refractivity contribution is 5.21. The first kappa shape index (κ1) is 21.1. The molecule has 0 heterocycles. The lowest BCUT2D eigenvalue weighted by atomic mass is 9.61. The Balaban J connectivity index is 1.84. The summed E-state index contributed by atoms with van der Waals surface area (Å²) in [7, 11) is 0. The predicted molar refractivity (Wildman–Crippen MR) is 113 cm³/mol. The number of hydrogen-bond donors (Lipinski definition) is 2. The number of aliphatic hydroxyl groups is 2. The van der Waals surface area contributed by atoms with Crippen LogP contribution in [0.2, 0.25) is 0 Å². The van der Waals surface area contributed by atoms with Crippen molar-refractivity contribution in [1.29, 1.82) is 0 Å². The summed E-state index contributed by atoms with van der Waals surface area (Å²) in [5.41, 5.74) is 2.15. The molecule has 2 fully saturated rings. The predicted octanol–water partition coefficient (Wildman–Crippen LogP) is 5.89. The fourth-order valence-electron chi connectivity index (χ4n) is 6.91. The zero-order valence-electron chi connectivity index (χ0n) is 18.3. The molecule has 0 radical (unpaired) electrons. The molecule has 0 aromatic heterocycles. The summed E-state index contributed by atoms with van der Waals surface area (Å²) >= 11 is 0. The van der Waals surface area contributed by atoms with Crippen molar-refractivity contribution >= 4 is 0 Å². The van der Waals surface area contributed by atoms with Gasteiger partial charge in [0, 0.05) is 5.92 Å². The van der Waals surface area contributed by atoms with E-state index in [9.17, 15) is 10.2 Å². The molecule has 2 N–H and O–H groups in total. The first-order valence-electron chi connectivity index (χ1n) is 11.4. The summed E-state index contributed by atoms with van der Waals surface area (Å²) in [6, 6.07) is 0. The van der Waals surface area contributed by atoms with Crippen molar-refractivity contribution in [3.63, 3.8) is 0 Å². The standard InChI is InChI=1S/C25H42O2/c1-17(2)7-6-8-18(3)21-13-14-24(5)16-25(27)19(4)9-11-22(25)20(15-26)10-12-23(21)24/h7,10,18-19,21-23,26-27H,6,8-9,11-16H2,1-5H3/b20-10-/t18-,19+,21+,22+,23-,24+,25+/m0/s1. The van der Waals surface area contributed by atoms with Crippen molar-refractivity contribution < 1.29 is 10.2 Å². The third kappa shape index (κ3) is 3.94. The Kier molecular flexibility index (Phi) is 6.28. The number of rotatable bonds is 5. The van der Waals surface area contributed by atoms with Gasteiger partial charge in [-0.3, -0.25) is 0 Å². The highest BCUT2D eigenvalue weighted by atomic mass is 16.3. The van der Waals surface area contributed by atoms with Crippen LogP contribution < -0.4 is 0 Å². The molecule has 154 valence electrons. The summed E-state index contributed by atoms with van der Waals surface area (Å²) in [6.45, 7) is 11.6. The quantitative estimate of drug-likeness (QED) is 0.589. The van der Waals surface area contributed by atoms with Gasteiger partial charge in [-0.1, -0.05) is 38.5 Å². The van der Waals surface area contributed by atoms with Crippen LogP contribution in [0, 0.1) is 35.0 Å². The number of hydrogen-bond acceptors (Lipinski definition) is 2. The lowest BCUT2D eigenvalue weighted by Gasteiger charge is -2.46. The molecular weight excluding hydrogens is 332 g/mol. The minimum Gasteiger partial charge on any atom is -0.392 e. The van der Waals surface area contributed by atoms with Gasteiger partial charge in [-0.05, 0) is 99.9 Å². The van der Waals surface area contributed by atoms with Gasteiger partial charge in [0.05, 0.1) is 12.2 Å². The van der Waals surface area contributed by atoms with Gasteiger partial charge in [0.15, 0.2) is 0 Å². The first-order chi connectivity index (χ1) is 12.7. The molecule has 3 rings (SSSR count). The van der Waals surface area contributed by atoms with E-state index in [0.717, 1.165) is 43.1 Å². The van der Waals surface area contributed by atoms with E-state index in [4.69, 9.17) is 0 Å². The van der Waals surface area contributed by atoms with Gasteiger partial charge < -0.3 is 10.2 Å². The summed E-state index contributed by atoms with van der Waals surface area (Å²) in [5.74, 6) is 2.61. The Hall–Kier alpha value is -0.600. The summed E-state index contributed by atoms with van der Waals surface area (Å²) < 4.78 is 0. The van der Waals surface area contributed by atoms with E-state index in [0.29, 0.717) is 11.8 Å². The lowest BCUT2D eigenvalue weighted by Crippen LogP contribution is -2.47. The molecule has 0 unspecified atom stereocenters. The van der Waals surface area contributed by atoms with Crippen molar-refractivity contribution in [3.8, 4) is 0 Å². The second-order valence-electron chi connectivity index (χ2n) is 10.7. The lowest BCUT2D eigenvalue weighted by molar-refractivity contribution is -0.0732. The van der Waals surface area contributed by atoms with Crippen LogP contribution in [0.25, 0.3) is 0 Å². The number of allylic oxidation sites excluding steroid dienone is 3. The smallest absolute Gasteiger partial charge is 0.0744 e. The van der Waals surface area contributed by atoms with E-state index in [2.05, 4.69) is 46.8 Å². The SMILES string of the molecule is CC(C)=CCC[C@H](C)[C@H]1CC[C@]2(C)C[C@@]3(O)[C@H](C)CC[C@@H]3/C(CO)=C\C[C@@H]12. The van der Waals surface area contributed by atoms with Crippen LogP contribution in [0.1, 0.15) is 86.0 Å². The summed E-state index contributed by atoms with van der Waals surface area (Å²) in [4.78, 5) is 0. The molecule has 0 aromatic rings. The molecule has 3 aliphatic carbocycles. The number of fused-ring (bicyclic) bond motifs is 2. The average molecular weight is 375 g/mol. The van der Waals surface area contributed by atoms with Crippen LogP contribution in [0.5, 0.6) is 0 Å². The van der Waals surface area contributed by atoms with E-state index < -0.39 is 5.60 Å². The van der Waals surface area contributed by atoms with Crippen LogP contribution in [0.4, 0.5) is 0 Å². The van der Waals surface area contributed by atoms with E-state index in [-0.39, 0.29) is 17.9 Å². The Morgan fingerprint density at radius 2 is 2.04 bits per heavy atom. The van der Waals surface area contributed by atoms with E-state index >= 15 is 0 Å². The third-order valence-corrected chi connectivity index (χ3v) is 8.66. The maximum absolute atomic E-state index is 11.8. The average Bonchev–Trinajstić information content (AvgIpc) is 3.05. The largest absolute Gasteiger partial charge is 0.392 e. The fourth-order valence-corrected chi connectivity index (χ4v) is 6.91. The second kappa shape index (κ2) is 8.03. The summed E-state index contributed by atoms with van der Waals surface area (Å²) in [6.07, 6.45) is 13.8. The van der Waals surface area contributed by atoms with Gasteiger partial charge in [-0.25, -0.2) is 0 Å². The molecule has 2 heteroatoms. The first-order valence-corrected chi connectivity index (χ1v) is 11.4. The van der Waals surface area contributed by atoms with Crippen molar-refractivity contribution in [2.45, 2.75) is 91.6 Å².